The molecule has 1 heterocycles. The van der Waals surface area contributed by atoms with Crippen molar-refractivity contribution in [3.63, 3.8) is 0 Å². The van der Waals surface area contributed by atoms with E-state index < -0.39 is 0 Å². The number of rotatable bonds is 4. The van der Waals surface area contributed by atoms with E-state index in [-0.39, 0.29) is 6.04 Å². The maximum absolute atomic E-state index is 6.40. The minimum absolute atomic E-state index is 0.185. The van der Waals surface area contributed by atoms with Crippen LogP contribution in [0.25, 0.3) is 0 Å². The third-order valence-electron chi connectivity index (χ3n) is 4.27. The van der Waals surface area contributed by atoms with Gasteiger partial charge in [-0.25, -0.2) is 0 Å². The van der Waals surface area contributed by atoms with Crippen molar-refractivity contribution in [2.24, 2.45) is 17.6 Å². The van der Waals surface area contributed by atoms with Gasteiger partial charge in [0.15, 0.2) is 0 Å². The molecule has 0 bridgehead atoms. The van der Waals surface area contributed by atoms with Gasteiger partial charge in [0.25, 0.3) is 0 Å². The molecule has 1 fully saturated rings. The lowest BCUT2D eigenvalue weighted by molar-refractivity contribution is 0.230. The summed E-state index contributed by atoms with van der Waals surface area (Å²) in [6, 6.07) is 0.185. The van der Waals surface area contributed by atoms with Crippen LogP contribution in [0.1, 0.15) is 57.6 Å². The van der Waals surface area contributed by atoms with Gasteiger partial charge in [-0.1, -0.05) is 26.2 Å². The van der Waals surface area contributed by atoms with E-state index in [1.807, 2.05) is 10.9 Å². The highest BCUT2D eigenvalue weighted by Gasteiger charge is 2.27. The predicted molar refractivity (Wildman–Crippen MR) is 70.6 cm³/mol. The molecule has 17 heavy (non-hydrogen) atoms. The van der Waals surface area contributed by atoms with Gasteiger partial charge < -0.3 is 5.73 Å². The molecule has 1 aliphatic carbocycles. The van der Waals surface area contributed by atoms with Gasteiger partial charge in [-0.3, -0.25) is 4.68 Å². The molecule has 3 atom stereocenters. The van der Waals surface area contributed by atoms with Crippen LogP contribution in [0.3, 0.4) is 0 Å². The quantitative estimate of drug-likeness (QED) is 0.871. The van der Waals surface area contributed by atoms with Crippen LogP contribution in [0, 0.1) is 11.8 Å². The minimum Gasteiger partial charge on any atom is -0.324 e. The molecule has 1 aromatic rings. The molecule has 1 saturated carbocycles. The van der Waals surface area contributed by atoms with Crippen molar-refractivity contribution in [2.45, 2.75) is 58.5 Å². The summed E-state index contributed by atoms with van der Waals surface area (Å²) >= 11 is 0. The van der Waals surface area contributed by atoms with Crippen LogP contribution in [0.15, 0.2) is 12.4 Å². The van der Waals surface area contributed by atoms with Crippen molar-refractivity contribution >= 4 is 0 Å². The Balaban J connectivity index is 2.00. The van der Waals surface area contributed by atoms with E-state index in [1.54, 1.807) is 0 Å². The Kier molecular flexibility index (Phi) is 4.21. The first-order chi connectivity index (χ1) is 8.24. The molecule has 3 unspecified atom stereocenters. The third kappa shape index (κ3) is 2.89. The molecule has 1 aliphatic rings. The Morgan fingerprint density at radius 1 is 1.47 bits per heavy atom. The van der Waals surface area contributed by atoms with Crippen LogP contribution >= 0.6 is 0 Å². The lowest BCUT2D eigenvalue weighted by atomic mass is 9.76. The fourth-order valence-corrected chi connectivity index (χ4v) is 3.03. The van der Waals surface area contributed by atoms with E-state index in [0.29, 0.717) is 5.92 Å². The highest BCUT2D eigenvalue weighted by Crippen LogP contribution is 2.37. The van der Waals surface area contributed by atoms with Gasteiger partial charge >= 0.3 is 0 Å². The molecule has 0 radical (unpaired) electrons. The Bertz CT molecular complexity index is 345. The van der Waals surface area contributed by atoms with Gasteiger partial charge in [-0.05, 0) is 31.6 Å². The molecule has 3 nitrogen and oxygen atoms in total. The second-order valence-corrected chi connectivity index (χ2v) is 5.36. The van der Waals surface area contributed by atoms with Crippen LogP contribution in [0.2, 0.25) is 0 Å². The zero-order chi connectivity index (χ0) is 12.3. The zero-order valence-electron chi connectivity index (χ0n) is 11.1. The predicted octanol–water partition coefficient (Wildman–Crippen LogP) is 3.12. The molecule has 2 N–H and O–H groups in total. The maximum Gasteiger partial charge on any atom is 0.0537 e. The molecule has 3 heteroatoms. The number of aromatic nitrogens is 2. The minimum atomic E-state index is 0.185. The monoisotopic (exact) mass is 235 g/mol. The largest absolute Gasteiger partial charge is 0.324 e. The maximum atomic E-state index is 6.40. The second-order valence-electron chi connectivity index (χ2n) is 5.36. The number of nitrogens with two attached hydrogens (primary N) is 1. The summed E-state index contributed by atoms with van der Waals surface area (Å²) in [5.74, 6) is 1.55. The average Bonchev–Trinajstić information content (AvgIpc) is 2.86. The van der Waals surface area contributed by atoms with E-state index in [9.17, 15) is 0 Å². The first-order valence-electron chi connectivity index (χ1n) is 7.02. The number of nitrogens with zero attached hydrogens (tertiary/aromatic N) is 2. The molecule has 96 valence electrons. The topological polar surface area (TPSA) is 43.8 Å². The fraction of sp³-hybridized carbons (Fsp3) is 0.786. The van der Waals surface area contributed by atoms with Gasteiger partial charge in [-0.2, -0.15) is 5.10 Å². The van der Waals surface area contributed by atoms with E-state index in [1.165, 1.54) is 37.7 Å². The Morgan fingerprint density at radius 2 is 2.29 bits per heavy atom. The summed E-state index contributed by atoms with van der Waals surface area (Å²) in [5, 5.41) is 4.33. The van der Waals surface area contributed by atoms with Crippen molar-refractivity contribution in [3.8, 4) is 0 Å². The van der Waals surface area contributed by atoms with E-state index in [2.05, 4.69) is 25.1 Å². The van der Waals surface area contributed by atoms with Gasteiger partial charge in [0.1, 0.15) is 0 Å². The Hall–Kier alpha value is -0.830. The third-order valence-corrected chi connectivity index (χ3v) is 4.27. The van der Waals surface area contributed by atoms with Gasteiger partial charge in [-0.15, -0.1) is 0 Å². The zero-order valence-corrected chi connectivity index (χ0v) is 11.1. The van der Waals surface area contributed by atoms with Crippen LogP contribution in [-0.4, -0.2) is 9.78 Å². The van der Waals surface area contributed by atoms with Crippen molar-refractivity contribution < 1.29 is 0 Å². The summed E-state index contributed by atoms with van der Waals surface area (Å²) in [6.45, 7) is 5.33. The van der Waals surface area contributed by atoms with Gasteiger partial charge in [0.05, 0.1) is 6.20 Å². The standard InChI is InChI=1S/C14H25N3/c1-3-11-6-5-7-12(8-11)14(15)13-9-16-17(4-2)10-13/h9-12,14H,3-8,15H2,1-2H3. The average molecular weight is 235 g/mol. The summed E-state index contributed by atoms with van der Waals surface area (Å²) in [4.78, 5) is 0. The molecule has 1 aromatic heterocycles. The van der Waals surface area contributed by atoms with E-state index in [0.717, 1.165) is 12.5 Å². The molecule has 0 saturated heterocycles. The van der Waals surface area contributed by atoms with E-state index >= 15 is 0 Å². The molecule has 0 aromatic carbocycles. The van der Waals surface area contributed by atoms with E-state index in [4.69, 9.17) is 5.73 Å². The van der Waals surface area contributed by atoms with Crippen LogP contribution in [0.5, 0.6) is 0 Å². The smallest absolute Gasteiger partial charge is 0.0537 e. The van der Waals surface area contributed by atoms with Crippen molar-refractivity contribution in [3.05, 3.63) is 18.0 Å². The highest BCUT2D eigenvalue weighted by atomic mass is 15.3. The summed E-state index contributed by atoms with van der Waals surface area (Å²) in [7, 11) is 0. The van der Waals surface area contributed by atoms with Crippen molar-refractivity contribution in [1.29, 1.82) is 0 Å². The second kappa shape index (κ2) is 5.67. The molecule has 2 rings (SSSR count). The molecular weight excluding hydrogens is 210 g/mol. The lowest BCUT2D eigenvalue weighted by Gasteiger charge is -2.32. The summed E-state index contributed by atoms with van der Waals surface area (Å²) in [5.41, 5.74) is 7.62. The van der Waals surface area contributed by atoms with Gasteiger partial charge in [0.2, 0.25) is 0 Å². The highest BCUT2D eigenvalue weighted by molar-refractivity contribution is 5.11. The van der Waals surface area contributed by atoms with Crippen LogP contribution < -0.4 is 5.73 Å². The SMILES string of the molecule is CCC1CCCC(C(N)c2cnn(CC)c2)C1. The number of hydrogen-bond donors (Lipinski definition) is 1. The Labute approximate surface area is 104 Å². The lowest BCUT2D eigenvalue weighted by Crippen LogP contribution is -2.26. The van der Waals surface area contributed by atoms with Crippen LogP contribution in [0.4, 0.5) is 0 Å². The molecule has 0 spiro atoms. The van der Waals surface area contributed by atoms with Crippen molar-refractivity contribution in [1.82, 2.24) is 9.78 Å². The number of hydrogen-bond acceptors (Lipinski definition) is 2. The number of aryl methyl sites for hydroxylation is 1. The Morgan fingerprint density at radius 3 is 2.94 bits per heavy atom. The van der Waals surface area contributed by atoms with Gasteiger partial charge in [0, 0.05) is 24.3 Å². The fourth-order valence-electron chi connectivity index (χ4n) is 3.03. The first kappa shape index (κ1) is 12.6. The normalized spacial score (nSPS) is 27.0. The van der Waals surface area contributed by atoms with Crippen LogP contribution in [-0.2, 0) is 6.54 Å². The molecular formula is C14H25N3. The molecule has 0 amide bonds. The summed E-state index contributed by atoms with van der Waals surface area (Å²) < 4.78 is 1.97. The summed E-state index contributed by atoms with van der Waals surface area (Å²) in [6.07, 6.45) is 10.7. The first-order valence-corrected chi connectivity index (χ1v) is 7.02. The van der Waals surface area contributed by atoms with Crippen molar-refractivity contribution in [2.75, 3.05) is 0 Å². The molecule has 0 aliphatic heterocycles.